The molecule has 0 aromatic rings. The molecule has 7 nitrogen and oxygen atoms in total. The van der Waals surface area contributed by atoms with Crippen molar-refractivity contribution >= 4 is 13.6 Å². The molecule has 204 valence electrons. The van der Waals surface area contributed by atoms with Crippen molar-refractivity contribution in [3.63, 3.8) is 0 Å². The monoisotopic (exact) mass is 506 g/mol. The van der Waals surface area contributed by atoms with Gasteiger partial charge in [0.15, 0.2) is 0 Å². The third kappa shape index (κ3) is 24.8. The van der Waals surface area contributed by atoms with Crippen LogP contribution in [0.1, 0.15) is 122 Å². The van der Waals surface area contributed by atoms with Gasteiger partial charge >= 0.3 is 7.82 Å². The molecule has 0 aliphatic rings. The summed E-state index contributed by atoms with van der Waals surface area (Å²) in [7, 11) is -0.396. The molecule has 0 aliphatic carbocycles. The summed E-state index contributed by atoms with van der Waals surface area (Å²) >= 11 is 0. The highest BCUT2D eigenvalue weighted by Crippen LogP contribution is 2.43. The summed E-state index contributed by atoms with van der Waals surface area (Å²) in [5, 5.41) is 0. The van der Waals surface area contributed by atoms with Crippen LogP contribution in [0, 0.1) is 0 Å². The van der Waals surface area contributed by atoms with Gasteiger partial charge in [-0.25, -0.2) is 4.57 Å². The molecule has 8 heteroatoms. The van der Waals surface area contributed by atoms with E-state index in [1.165, 1.54) is 83.5 Å². The van der Waals surface area contributed by atoms with Crippen LogP contribution in [-0.2, 0) is 18.4 Å². The lowest BCUT2D eigenvalue weighted by Crippen LogP contribution is -2.27. The highest BCUT2D eigenvalue weighted by molar-refractivity contribution is 7.47. The molecule has 2 atom stereocenters. The molecule has 0 saturated heterocycles. The Hall–Kier alpha value is -0.300. The SMILES string of the molecule is CCCCCCCCCCCCCCCCCC(=O)CCC(N)COP(=O)(O)OCCN(C)C. The number of ketones is 1. The molecular formula is C26H55N2O5P. The van der Waals surface area contributed by atoms with Crippen molar-refractivity contribution < 1.29 is 23.3 Å². The number of carbonyl (C=O) groups is 1. The normalized spacial score (nSPS) is 14.4. The Morgan fingerprint density at radius 3 is 1.76 bits per heavy atom. The first-order chi connectivity index (χ1) is 16.3. The molecule has 0 spiro atoms. The molecule has 0 aromatic carbocycles. The van der Waals surface area contributed by atoms with Gasteiger partial charge in [0.2, 0.25) is 0 Å². The fourth-order valence-electron chi connectivity index (χ4n) is 3.81. The number of phosphoric acid groups is 1. The number of phosphoric ester groups is 1. The second-order valence-electron chi connectivity index (χ2n) is 9.94. The van der Waals surface area contributed by atoms with Crippen LogP contribution < -0.4 is 5.73 Å². The first kappa shape index (κ1) is 33.7. The Bertz CT molecular complexity index is 519. The molecule has 0 saturated carbocycles. The molecule has 0 bridgehead atoms. The maximum Gasteiger partial charge on any atom is 0.472 e. The molecule has 34 heavy (non-hydrogen) atoms. The van der Waals surface area contributed by atoms with Crippen LogP contribution in [-0.4, -0.2) is 55.5 Å². The Morgan fingerprint density at radius 2 is 1.29 bits per heavy atom. The van der Waals surface area contributed by atoms with Gasteiger partial charge in [-0.2, -0.15) is 0 Å². The van der Waals surface area contributed by atoms with E-state index in [0.717, 1.165) is 12.8 Å². The van der Waals surface area contributed by atoms with E-state index in [4.69, 9.17) is 14.8 Å². The highest BCUT2D eigenvalue weighted by Gasteiger charge is 2.22. The average Bonchev–Trinajstić information content (AvgIpc) is 2.78. The Labute approximate surface area is 210 Å². The van der Waals surface area contributed by atoms with Crippen LogP contribution in [0.4, 0.5) is 0 Å². The van der Waals surface area contributed by atoms with Crippen molar-refractivity contribution in [2.75, 3.05) is 33.9 Å². The summed E-state index contributed by atoms with van der Waals surface area (Å²) in [4.78, 5) is 23.5. The van der Waals surface area contributed by atoms with Crippen molar-refractivity contribution in [1.82, 2.24) is 4.90 Å². The van der Waals surface area contributed by atoms with Crippen LogP contribution in [0.2, 0.25) is 0 Å². The summed E-state index contributed by atoms with van der Waals surface area (Å²) in [5.74, 6) is 0.208. The first-order valence-corrected chi connectivity index (χ1v) is 15.3. The quantitative estimate of drug-likeness (QED) is 0.100. The molecular weight excluding hydrogens is 451 g/mol. The Morgan fingerprint density at radius 1 is 0.824 bits per heavy atom. The molecule has 0 amide bonds. The van der Waals surface area contributed by atoms with Gasteiger partial charge in [-0.1, -0.05) is 96.8 Å². The van der Waals surface area contributed by atoms with E-state index in [9.17, 15) is 14.3 Å². The lowest BCUT2D eigenvalue weighted by molar-refractivity contribution is -0.119. The highest BCUT2D eigenvalue weighted by atomic mass is 31.2. The van der Waals surface area contributed by atoms with Gasteiger partial charge in [0.25, 0.3) is 0 Å². The van der Waals surface area contributed by atoms with Crippen molar-refractivity contribution in [3.8, 4) is 0 Å². The predicted molar refractivity (Wildman–Crippen MR) is 142 cm³/mol. The van der Waals surface area contributed by atoms with Crippen LogP contribution >= 0.6 is 7.82 Å². The van der Waals surface area contributed by atoms with Gasteiger partial charge in [-0.3, -0.25) is 13.8 Å². The molecule has 0 rings (SSSR count). The van der Waals surface area contributed by atoms with Gasteiger partial charge in [0, 0.05) is 25.4 Å². The van der Waals surface area contributed by atoms with E-state index in [-0.39, 0.29) is 19.0 Å². The standard InChI is InChI=1S/C26H55N2O5P/c1-4-5-6-7-8-9-10-11-12-13-14-15-16-17-18-19-26(29)21-20-25(27)24-33-34(30,31)32-23-22-28(2)3/h25H,4-24,27H2,1-3H3,(H,30,31). The summed E-state index contributed by atoms with van der Waals surface area (Å²) in [5.41, 5.74) is 5.92. The maximum atomic E-state index is 12.1. The van der Waals surface area contributed by atoms with E-state index in [1.54, 1.807) is 0 Å². The van der Waals surface area contributed by atoms with E-state index >= 15 is 0 Å². The fraction of sp³-hybridized carbons (Fsp3) is 0.962. The molecule has 2 unspecified atom stereocenters. The third-order valence-corrected chi connectivity index (χ3v) is 7.08. The van der Waals surface area contributed by atoms with Crippen molar-refractivity contribution in [2.24, 2.45) is 5.73 Å². The summed E-state index contributed by atoms with van der Waals surface area (Å²) in [6.07, 6.45) is 21.1. The molecule has 0 heterocycles. The number of nitrogens with zero attached hydrogens (tertiary/aromatic N) is 1. The smallest absolute Gasteiger partial charge is 0.326 e. The summed E-state index contributed by atoms with van der Waals surface area (Å²) in [6.45, 7) is 2.80. The largest absolute Gasteiger partial charge is 0.472 e. The number of hydrogen-bond donors (Lipinski definition) is 2. The van der Waals surface area contributed by atoms with Crippen molar-refractivity contribution in [2.45, 2.75) is 129 Å². The van der Waals surface area contributed by atoms with Gasteiger partial charge in [0.05, 0.1) is 13.2 Å². The molecule has 0 fully saturated rings. The summed E-state index contributed by atoms with van der Waals surface area (Å²) in [6, 6.07) is -0.456. The summed E-state index contributed by atoms with van der Waals surface area (Å²) < 4.78 is 21.6. The lowest BCUT2D eigenvalue weighted by atomic mass is 10.0. The van der Waals surface area contributed by atoms with Crippen LogP contribution in [0.25, 0.3) is 0 Å². The number of likely N-dealkylation sites (N-methyl/N-ethyl adjacent to an activating group) is 1. The maximum absolute atomic E-state index is 12.1. The lowest BCUT2D eigenvalue weighted by Gasteiger charge is -2.16. The zero-order chi connectivity index (χ0) is 25.5. The van der Waals surface area contributed by atoms with Crippen LogP contribution in [0.15, 0.2) is 0 Å². The number of unbranched alkanes of at least 4 members (excludes halogenated alkanes) is 14. The number of Topliss-reactive ketones (excluding diaryl/α,β-unsaturated/α-hetero) is 1. The van der Waals surface area contributed by atoms with Crippen LogP contribution in [0.3, 0.4) is 0 Å². The van der Waals surface area contributed by atoms with E-state index in [2.05, 4.69) is 6.92 Å². The molecule has 3 N–H and O–H groups in total. The Kier molecular flexibility index (Phi) is 22.9. The average molecular weight is 507 g/mol. The van der Waals surface area contributed by atoms with Gasteiger partial charge < -0.3 is 15.5 Å². The van der Waals surface area contributed by atoms with E-state index < -0.39 is 13.9 Å². The third-order valence-electron chi connectivity index (χ3n) is 6.10. The van der Waals surface area contributed by atoms with Gasteiger partial charge in [-0.15, -0.1) is 0 Å². The fourth-order valence-corrected chi connectivity index (χ4v) is 4.58. The second-order valence-corrected chi connectivity index (χ2v) is 11.4. The minimum Gasteiger partial charge on any atom is -0.326 e. The topological polar surface area (TPSA) is 102 Å². The van der Waals surface area contributed by atoms with E-state index in [0.29, 0.717) is 25.8 Å². The Balaban J connectivity index is 3.48. The second kappa shape index (κ2) is 23.1. The van der Waals surface area contributed by atoms with Crippen LogP contribution in [0.5, 0.6) is 0 Å². The minimum atomic E-state index is -4.09. The molecule has 0 radical (unpaired) electrons. The zero-order valence-electron chi connectivity index (χ0n) is 22.5. The van der Waals surface area contributed by atoms with Crippen molar-refractivity contribution in [1.29, 1.82) is 0 Å². The van der Waals surface area contributed by atoms with Crippen molar-refractivity contribution in [3.05, 3.63) is 0 Å². The number of carbonyl (C=O) groups excluding carboxylic acids is 1. The van der Waals surface area contributed by atoms with Gasteiger partial charge in [-0.05, 0) is 26.9 Å². The zero-order valence-corrected chi connectivity index (χ0v) is 23.4. The molecule has 0 aliphatic heterocycles. The number of hydrogen-bond acceptors (Lipinski definition) is 6. The van der Waals surface area contributed by atoms with Gasteiger partial charge in [0.1, 0.15) is 5.78 Å². The first-order valence-electron chi connectivity index (χ1n) is 13.8. The minimum absolute atomic E-state index is 0.0953. The number of rotatable bonds is 26. The number of nitrogens with two attached hydrogens (primary N) is 1. The van der Waals surface area contributed by atoms with E-state index in [1.807, 2.05) is 19.0 Å². The molecule has 0 aromatic heterocycles. The predicted octanol–water partition coefficient (Wildman–Crippen LogP) is 6.62.